The van der Waals surface area contributed by atoms with Gasteiger partial charge in [-0.25, -0.2) is 4.79 Å². The number of piperidine rings is 2. The number of nitro benzene ring substituents is 1. The van der Waals surface area contributed by atoms with Crippen LogP contribution in [0.5, 0.6) is 5.75 Å². The number of carbonyl (C=O) groups is 2. The molecule has 0 spiro atoms. The van der Waals surface area contributed by atoms with Gasteiger partial charge in [-0.15, -0.1) is 0 Å². The number of hydrogen-bond donors (Lipinski definition) is 0. The van der Waals surface area contributed by atoms with Gasteiger partial charge in [0.25, 0.3) is 11.6 Å². The Bertz CT molecular complexity index is 1130. The lowest BCUT2D eigenvalue weighted by Crippen LogP contribution is -2.44. The number of carbonyl (C=O) groups excluding carboxylic acids is 2. The first-order valence-electron chi connectivity index (χ1n) is 12.3. The van der Waals surface area contributed by atoms with Crippen molar-refractivity contribution in [2.45, 2.75) is 37.9 Å². The minimum Gasteiger partial charge on any atom is -0.410 e. The molecule has 0 bridgehead atoms. The highest BCUT2D eigenvalue weighted by Crippen LogP contribution is 2.29. The Hall–Kier alpha value is -3.37. The molecule has 4 rings (SSSR count). The summed E-state index contributed by atoms with van der Waals surface area (Å²) in [7, 11) is 3.41. The Balaban J connectivity index is 1.20. The first-order chi connectivity index (χ1) is 17.7. The molecule has 0 aromatic heterocycles. The lowest BCUT2D eigenvalue weighted by molar-refractivity contribution is -0.384. The van der Waals surface area contributed by atoms with E-state index in [1.54, 1.807) is 25.1 Å². The van der Waals surface area contributed by atoms with Gasteiger partial charge in [-0.05, 0) is 56.0 Å². The molecule has 2 amide bonds. The summed E-state index contributed by atoms with van der Waals surface area (Å²) in [6, 6.07) is 11.0. The average Bonchev–Trinajstić information content (AvgIpc) is 2.89. The van der Waals surface area contributed by atoms with E-state index >= 15 is 0 Å². The van der Waals surface area contributed by atoms with Gasteiger partial charge in [-0.1, -0.05) is 11.6 Å². The Labute approximate surface area is 220 Å². The molecule has 2 aromatic carbocycles. The van der Waals surface area contributed by atoms with Crippen LogP contribution >= 0.6 is 11.6 Å². The van der Waals surface area contributed by atoms with E-state index in [0.29, 0.717) is 23.7 Å². The fourth-order valence-electron chi connectivity index (χ4n) is 4.61. The van der Waals surface area contributed by atoms with E-state index in [1.165, 1.54) is 29.2 Å². The van der Waals surface area contributed by atoms with Crippen molar-refractivity contribution in [3.63, 3.8) is 0 Å². The second-order valence-corrected chi connectivity index (χ2v) is 9.90. The van der Waals surface area contributed by atoms with Crippen LogP contribution in [0.25, 0.3) is 0 Å². The van der Waals surface area contributed by atoms with Crippen LogP contribution in [0.4, 0.5) is 16.2 Å². The molecule has 2 saturated heterocycles. The molecule has 0 saturated carbocycles. The fraction of sp³-hybridized carbons (Fsp3) is 0.462. The molecule has 2 aliphatic heterocycles. The summed E-state index contributed by atoms with van der Waals surface area (Å²) in [5.74, 6) is 0.162. The fourth-order valence-corrected chi connectivity index (χ4v) is 4.87. The van der Waals surface area contributed by atoms with Crippen LogP contribution in [0, 0.1) is 10.1 Å². The summed E-state index contributed by atoms with van der Waals surface area (Å²) < 4.78 is 11.7. The molecule has 0 atom stereocenters. The van der Waals surface area contributed by atoms with Crippen LogP contribution in [0.2, 0.25) is 5.02 Å². The quantitative estimate of drug-likeness (QED) is 0.397. The predicted molar refractivity (Wildman–Crippen MR) is 140 cm³/mol. The molecule has 2 aliphatic rings. The maximum Gasteiger partial charge on any atom is 0.415 e. The van der Waals surface area contributed by atoms with Crippen molar-refractivity contribution in [3.05, 3.63) is 63.2 Å². The van der Waals surface area contributed by atoms with E-state index in [0.717, 1.165) is 44.5 Å². The van der Waals surface area contributed by atoms with Crippen LogP contribution in [-0.2, 0) is 4.74 Å². The molecule has 2 heterocycles. The number of rotatable bonds is 6. The molecule has 10 nitrogen and oxygen atoms in total. The summed E-state index contributed by atoms with van der Waals surface area (Å²) in [4.78, 5) is 40.3. The molecule has 0 radical (unpaired) electrons. The van der Waals surface area contributed by atoms with Gasteiger partial charge in [0.2, 0.25) is 0 Å². The summed E-state index contributed by atoms with van der Waals surface area (Å²) in [5.41, 5.74) is 1.44. The van der Waals surface area contributed by atoms with Crippen LogP contribution in [0.15, 0.2) is 42.5 Å². The molecular formula is C26H31ClN4O6. The van der Waals surface area contributed by atoms with Crippen LogP contribution < -0.4 is 9.64 Å². The molecular weight excluding hydrogens is 500 g/mol. The van der Waals surface area contributed by atoms with Gasteiger partial charge in [-0.3, -0.25) is 14.9 Å². The summed E-state index contributed by atoms with van der Waals surface area (Å²) in [6.45, 7) is 2.74. The first kappa shape index (κ1) is 26.7. The summed E-state index contributed by atoms with van der Waals surface area (Å²) >= 11 is 6.38. The van der Waals surface area contributed by atoms with Crippen LogP contribution in [0.1, 0.15) is 36.0 Å². The molecule has 0 unspecified atom stereocenters. The number of non-ortho nitro benzene ring substituents is 1. The highest BCUT2D eigenvalue weighted by molar-refractivity contribution is 6.34. The number of benzene rings is 2. The third kappa shape index (κ3) is 6.69. The largest absolute Gasteiger partial charge is 0.415 e. The highest BCUT2D eigenvalue weighted by atomic mass is 35.5. The minimum atomic E-state index is -0.497. The maximum absolute atomic E-state index is 12.5. The Morgan fingerprint density at radius 2 is 1.57 bits per heavy atom. The van der Waals surface area contributed by atoms with E-state index in [4.69, 9.17) is 21.1 Å². The Kier molecular flexibility index (Phi) is 8.50. The third-order valence-electron chi connectivity index (χ3n) is 6.73. The van der Waals surface area contributed by atoms with Crippen molar-refractivity contribution in [3.8, 4) is 5.75 Å². The van der Waals surface area contributed by atoms with Crippen molar-refractivity contribution in [2.24, 2.45) is 0 Å². The number of nitrogens with zero attached hydrogens (tertiary/aromatic N) is 4. The lowest BCUT2D eigenvalue weighted by atomic mass is 10.0. The normalized spacial score (nSPS) is 16.9. The van der Waals surface area contributed by atoms with Gasteiger partial charge in [-0.2, -0.15) is 0 Å². The molecule has 11 heteroatoms. The van der Waals surface area contributed by atoms with Gasteiger partial charge >= 0.3 is 6.09 Å². The van der Waals surface area contributed by atoms with Gasteiger partial charge < -0.3 is 24.2 Å². The van der Waals surface area contributed by atoms with E-state index in [2.05, 4.69) is 4.90 Å². The zero-order valence-corrected chi connectivity index (χ0v) is 21.7. The topological polar surface area (TPSA) is 105 Å². The van der Waals surface area contributed by atoms with Crippen molar-refractivity contribution in [2.75, 3.05) is 45.2 Å². The zero-order valence-electron chi connectivity index (χ0n) is 21.0. The SMILES string of the molecule is CN(C)C(=O)c1ccc(N2CCC(OC3CCN(C(=O)Oc4ccc([N+](=O)[O-])cc4)CC3)CC2)cc1Cl. The summed E-state index contributed by atoms with van der Waals surface area (Å²) in [6.07, 6.45) is 3.02. The molecule has 0 N–H and O–H groups in total. The molecule has 2 aromatic rings. The van der Waals surface area contributed by atoms with Crippen molar-refractivity contribution >= 4 is 35.0 Å². The standard InChI is InChI=1S/C26H31ClN4O6/c1-28(2)25(32)23-8-5-19(17-24(23)27)29-13-9-21(10-14-29)36-22-11-15-30(16-12-22)26(33)37-20-6-3-18(4-7-20)31(34)35/h3-8,17,21-22H,9-16H2,1-2H3. The second kappa shape index (κ2) is 11.8. The molecule has 2 fully saturated rings. The Morgan fingerprint density at radius 1 is 0.973 bits per heavy atom. The number of amides is 2. The predicted octanol–water partition coefficient (Wildman–Crippen LogP) is 4.60. The smallest absolute Gasteiger partial charge is 0.410 e. The Morgan fingerprint density at radius 3 is 2.11 bits per heavy atom. The average molecular weight is 531 g/mol. The number of anilines is 1. The lowest BCUT2D eigenvalue weighted by Gasteiger charge is -2.37. The third-order valence-corrected chi connectivity index (χ3v) is 7.05. The van der Waals surface area contributed by atoms with Crippen LogP contribution in [-0.4, -0.2) is 79.2 Å². The van der Waals surface area contributed by atoms with Gasteiger partial charge in [0, 0.05) is 58.1 Å². The minimum absolute atomic E-state index is 0.0539. The molecule has 0 aliphatic carbocycles. The monoisotopic (exact) mass is 530 g/mol. The van der Waals surface area contributed by atoms with Gasteiger partial charge in [0.15, 0.2) is 0 Å². The van der Waals surface area contributed by atoms with Crippen LogP contribution in [0.3, 0.4) is 0 Å². The number of nitro groups is 1. The number of halogens is 1. The zero-order chi connectivity index (χ0) is 26.5. The number of ether oxygens (including phenoxy) is 2. The van der Waals surface area contributed by atoms with Crippen molar-refractivity contribution in [1.29, 1.82) is 0 Å². The first-order valence-corrected chi connectivity index (χ1v) is 12.7. The van der Waals surface area contributed by atoms with E-state index in [1.807, 2.05) is 12.1 Å². The molecule has 198 valence electrons. The highest BCUT2D eigenvalue weighted by Gasteiger charge is 2.28. The van der Waals surface area contributed by atoms with Gasteiger partial charge in [0.1, 0.15) is 5.75 Å². The van der Waals surface area contributed by atoms with Crippen molar-refractivity contribution in [1.82, 2.24) is 9.80 Å². The summed E-state index contributed by atoms with van der Waals surface area (Å²) in [5, 5.41) is 11.2. The van der Waals surface area contributed by atoms with E-state index < -0.39 is 11.0 Å². The van der Waals surface area contributed by atoms with Gasteiger partial charge in [0.05, 0.1) is 27.7 Å². The second-order valence-electron chi connectivity index (χ2n) is 9.49. The van der Waals surface area contributed by atoms with E-state index in [-0.39, 0.29) is 29.6 Å². The molecule has 37 heavy (non-hydrogen) atoms. The van der Waals surface area contributed by atoms with E-state index in [9.17, 15) is 19.7 Å². The van der Waals surface area contributed by atoms with Crippen molar-refractivity contribution < 1.29 is 24.0 Å². The maximum atomic E-state index is 12.5. The number of hydrogen-bond acceptors (Lipinski definition) is 7. The number of likely N-dealkylation sites (tertiary alicyclic amines) is 1.